The van der Waals surface area contributed by atoms with Gasteiger partial charge in [0.05, 0.1) is 17.8 Å². The first-order chi connectivity index (χ1) is 8.61. The van der Waals surface area contributed by atoms with Gasteiger partial charge in [-0.3, -0.25) is 4.79 Å². The summed E-state index contributed by atoms with van der Waals surface area (Å²) in [6.07, 6.45) is 0. The van der Waals surface area contributed by atoms with Crippen LogP contribution in [-0.2, 0) is 4.79 Å². The number of carbonyl (C=O) groups is 1. The summed E-state index contributed by atoms with van der Waals surface area (Å²) in [6.45, 7) is 3.75. The second-order valence-corrected chi connectivity index (χ2v) is 4.95. The van der Waals surface area contributed by atoms with E-state index in [4.69, 9.17) is 16.3 Å². The zero-order chi connectivity index (χ0) is 13.1. The van der Waals surface area contributed by atoms with Crippen molar-refractivity contribution in [3.8, 4) is 5.75 Å². The number of methoxy groups -OCH3 is 1. The van der Waals surface area contributed by atoms with Crippen molar-refractivity contribution in [2.75, 3.05) is 25.5 Å². The van der Waals surface area contributed by atoms with E-state index in [1.54, 1.807) is 25.3 Å². The van der Waals surface area contributed by atoms with Crippen LogP contribution in [0.4, 0.5) is 5.69 Å². The Kier molecular flexibility index (Phi) is 4.09. The summed E-state index contributed by atoms with van der Waals surface area (Å²) in [5.74, 6) is 1.06. The molecule has 4 nitrogen and oxygen atoms in total. The first-order valence-corrected chi connectivity index (χ1v) is 6.34. The molecule has 1 atom stereocenters. The summed E-state index contributed by atoms with van der Waals surface area (Å²) in [4.78, 5) is 12.1. The molecular formula is C13H17ClN2O2. The highest BCUT2D eigenvalue weighted by atomic mass is 35.5. The molecule has 0 aromatic heterocycles. The van der Waals surface area contributed by atoms with Crippen LogP contribution in [0, 0.1) is 11.8 Å². The van der Waals surface area contributed by atoms with Crippen LogP contribution < -0.4 is 15.4 Å². The predicted molar refractivity (Wildman–Crippen MR) is 72.2 cm³/mol. The van der Waals surface area contributed by atoms with Crippen LogP contribution >= 0.6 is 11.6 Å². The summed E-state index contributed by atoms with van der Waals surface area (Å²) in [7, 11) is 1.58. The van der Waals surface area contributed by atoms with E-state index in [2.05, 4.69) is 10.6 Å². The largest absolute Gasteiger partial charge is 0.497 e. The molecular weight excluding hydrogens is 252 g/mol. The van der Waals surface area contributed by atoms with E-state index in [1.165, 1.54) is 0 Å². The number of ether oxygens (including phenoxy) is 1. The van der Waals surface area contributed by atoms with Gasteiger partial charge in [-0.25, -0.2) is 0 Å². The smallest absolute Gasteiger partial charge is 0.227 e. The third-order valence-electron chi connectivity index (χ3n) is 3.37. The van der Waals surface area contributed by atoms with Crippen molar-refractivity contribution in [1.82, 2.24) is 5.32 Å². The van der Waals surface area contributed by atoms with Crippen LogP contribution in [0.1, 0.15) is 6.92 Å². The number of hydrogen-bond donors (Lipinski definition) is 2. The van der Waals surface area contributed by atoms with E-state index in [-0.39, 0.29) is 11.8 Å². The quantitative estimate of drug-likeness (QED) is 0.880. The summed E-state index contributed by atoms with van der Waals surface area (Å²) < 4.78 is 5.11. The molecule has 18 heavy (non-hydrogen) atoms. The van der Waals surface area contributed by atoms with E-state index in [0.29, 0.717) is 22.4 Å². The molecule has 0 saturated carbocycles. The number of carbonyl (C=O) groups excluding carboxylic acids is 1. The Balaban J connectivity index is 2.05. The minimum absolute atomic E-state index is 0.00310. The molecule has 1 heterocycles. The normalized spacial score (nSPS) is 16.8. The first-order valence-electron chi connectivity index (χ1n) is 5.97. The van der Waals surface area contributed by atoms with Gasteiger partial charge in [0, 0.05) is 12.0 Å². The molecule has 1 aliphatic rings. The third-order valence-corrected chi connectivity index (χ3v) is 3.69. The summed E-state index contributed by atoms with van der Waals surface area (Å²) in [6, 6.07) is 5.20. The molecule has 2 rings (SSSR count). The Labute approximate surface area is 112 Å². The van der Waals surface area contributed by atoms with Crippen LogP contribution in [0.3, 0.4) is 0 Å². The molecule has 1 fully saturated rings. The van der Waals surface area contributed by atoms with Gasteiger partial charge in [-0.2, -0.15) is 0 Å². The maximum atomic E-state index is 12.1. The Morgan fingerprint density at radius 2 is 2.28 bits per heavy atom. The lowest BCUT2D eigenvalue weighted by molar-refractivity contribution is -0.121. The van der Waals surface area contributed by atoms with Gasteiger partial charge in [-0.15, -0.1) is 0 Å². The molecule has 98 valence electrons. The first kappa shape index (κ1) is 13.2. The number of halogens is 1. The van der Waals surface area contributed by atoms with E-state index >= 15 is 0 Å². The van der Waals surface area contributed by atoms with Crippen LogP contribution in [0.2, 0.25) is 5.02 Å². The fourth-order valence-electron chi connectivity index (χ4n) is 1.85. The highest BCUT2D eigenvalue weighted by Gasteiger charge is 2.28. The van der Waals surface area contributed by atoms with Gasteiger partial charge in [-0.05, 0) is 31.1 Å². The summed E-state index contributed by atoms with van der Waals surface area (Å²) in [5, 5.41) is 6.54. The van der Waals surface area contributed by atoms with E-state index < -0.39 is 0 Å². The maximum absolute atomic E-state index is 12.1. The molecule has 0 spiro atoms. The minimum Gasteiger partial charge on any atom is -0.497 e. The van der Waals surface area contributed by atoms with Crippen molar-refractivity contribution < 1.29 is 9.53 Å². The summed E-state index contributed by atoms with van der Waals surface area (Å²) in [5.41, 5.74) is 0.597. The molecule has 0 aliphatic carbocycles. The Morgan fingerprint density at radius 3 is 2.83 bits per heavy atom. The summed E-state index contributed by atoms with van der Waals surface area (Å²) >= 11 is 6.05. The van der Waals surface area contributed by atoms with Gasteiger partial charge in [0.1, 0.15) is 5.75 Å². The molecule has 1 saturated heterocycles. The minimum atomic E-state index is -0.0199. The van der Waals surface area contributed by atoms with E-state index in [0.717, 1.165) is 13.1 Å². The second kappa shape index (κ2) is 5.59. The zero-order valence-corrected chi connectivity index (χ0v) is 11.3. The zero-order valence-electron chi connectivity index (χ0n) is 10.5. The standard InChI is InChI=1S/C13H17ClN2O2/c1-8(9-6-15-7-9)13(17)16-12-5-10(18-2)3-4-11(12)14/h3-5,8-9,15H,6-7H2,1-2H3,(H,16,17). The molecule has 0 bridgehead atoms. The molecule has 1 amide bonds. The lowest BCUT2D eigenvalue weighted by Gasteiger charge is -2.31. The topological polar surface area (TPSA) is 50.4 Å². The lowest BCUT2D eigenvalue weighted by atomic mass is 9.88. The van der Waals surface area contributed by atoms with Crippen molar-refractivity contribution in [3.05, 3.63) is 23.2 Å². The fourth-order valence-corrected chi connectivity index (χ4v) is 2.02. The average molecular weight is 269 g/mol. The fraction of sp³-hybridized carbons (Fsp3) is 0.462. The van der Waals surface area contributed by atoms with Crippen molar-refractivity contribution in [3.63, 3.8) is 0 Å². The Bertz CT molecular complexity index is 447. The molecule has 0 radical (unpaired) electrons. The van der Waals surface area contributed by atoms with Gasteiger partial charge in [-0.1, -0.05) is 18.5 Å². The van der Waals surface area contributed by atoms with Crippen molar-refractivity contribution >= 4 is 23.2 Å². The monoisotopic (exact) mass is 268 g/mol. The van der Waals surface area contributed by atoms with Gasteiger partial charge >= 0.3 is 0 Å². The maximum Gasteiger partial charge on any atom is 0.227 e. The van der Waals surface area contributed by atoms with Gasteiger partial charge < -0.3 is 15.4 Å². The number of hydrogen-bond acceptors (Lipinski definition) is 3. The average Bonchev–Trinajstić information content (AvgIpc) is 2.29. The van der Waals surface area contributed by atoms with Crippen molar-refractivity contribution in [1.29, 1.82) is 0 Å². The molecule has 1 aromatic rings. The second-order valence-electron chi connectivity index (χ2n) is 4.54. The number of amides is 1. The number of benzene rings is 1. The highest BCUT2D eigenvalue weighted by molar-refractivity contribution is 6.33. The van der Waals surface area contributed by atoms with Crippen molar-refractivity contribution in [2.24, 2.45) is 11.8 Å². The van der Waals surface area contributed by atoms with Crippen LogP contribution in [0.5, 0.6) is 5.75 Å². The SMILES string of the molecule is COc1ccc(Cl)c(NC(=O)C(C)C2CNC2)c1. The Hall–Kier alpha value is -1.26. The van der Waals surface area contributed by atoms with Gasteiger partial charge in [0.2, 0.25) is 5.91 Å². The van der Waals surface area contributed by atoms with Gasteiger partial charge in [0.15, 0.2) is 0 Å². The third kappa shape index (κ3) is 2.76. The van der Waals surface area contributed by atoms with E-state index in [1.807, 2.05) is 6.92 Å². The molecule has 1 unspecified atom stereocenters. The Morgan fingerprint density at radius 1 is 1.56 bits per heavy atom. The van der Waals surface area contributed by atoms with Crippen LogP contribution in [0.15, 0.2) is 18.2 Å². The number of rotatable bonds is 4. The molecule has 1 aromatic carbocycles. The molecule has 5 heteroatoms. The van der Waals surface area contributed by atoms with E-state index in [9.17, 15) is 4.79 Å². The number of nitrogens with one attached hydrogen (secondary N) is 2. The lowest BCUT2D eigenvalue weighted by Crippen LogP contribution is -2.48. The highest BCUT2D eigenvalue weighted by Crippen LogP contribution is 2.28. The van der Waals surface area contributed by atoms with Crippen molar-refractivity contribution in [2.45, 2.75) is 6.92 Å². The molecule has 2 N–H and O–H groups in total. The van der Waals surface area contributed by atoms with Gasteiger partial charge in [0.25, 0.3) is 0 Å². The predicted octanol–water partition coefficient (Wildman–Crippen LogP) is 2.14. The van der Waals surface area contributed by atoms with Crippen LogP contribution in [0.25, 0.3) is 0 Å². The number of anilines is 1. The molecule has 1 aliphatic heterocycles. The van der Waals surface area contributed by atoms with Crippen LogP contribution in [-0.4, -0.2) is 26.1 Å².